The number of diazo groups is 1. The van der Waals surface area contributed by atoms with Crippen molar-refractivity contribution in [2.24, 2.45) is 0 Å². The number of hydrogen-bond acceptors (Lipinski definition) is 2. The molecule has 0 spiro atoms. The van der Waals surface area contributed by atoms with E-state index in [2.05, 4.69) is 4.98 Å². The third-order valence-electron chi connectivity index (χ3n) is 1.54. The van der Waals surface area contributed by atoms with Crippen molar-refractivity contribution in [2.45, 2.75) is 0 Å². The third kappa shape index (κ3) is 15.4. The first-order chi connectivity index (χ1) is 8.72. The maximum absolute atomic E-state index is 8.24. The molecule has 11 heteroatoms. The summed E-state index contributed by atoms with van der Waals surface area (Å²) in [6.45, 7) is 0. The Morgan fingerprint density at radius 1 is 1.10 bits per heavy atom. The van der Waals surface area contributed by atoms with Crippen LogP contribution in [-0.4, -0.2) is 16.2 Å². The van der Waals surface area contributed by atoms with E-state index >= 15 is 0 Å². The van der Waals surface area contributed by atoms with Crippen LogP contribution in [0.2, 0.25) is 0 Å². The quantitative estimate of drug-likeness (QED) is 0.310. The van der Waals surface area contributed by atoms with E-state index in [-0.39, 0.29) is 0 Å². The van der Waals surface area contributed by atoms with Crippen LogP contribution in [0, 0.1) is 5.39 Å². The van der Waals surface area contributed by atoms with Gasteiger partial charge in [-0.1, -0.05) is 11.6 Å². The molecule has 0 aliphatic rings. The minimum atomic E-state index is -5.42. The molecule has 1 aromatic carbocycles. The molecule has 114 valence electrons. The molecule has 0 aromatic heterocycles. The van der Waals surface area contributed by atoms with Crippen molar-refractivity contribution in [1.82, 2.24) is 0 Å². The molecule has 0 aliphatic carbocycles. The number of methoxy groups -OCH3 is 1. The van der Waals surface area contributed by atoms with Gasteiger partial charge in [0.1, 0.15) is 10.8 Å². The van der Waals surface area contributed by atoms with Crippen LogP contribution < -0.4 is 4.74 Å². The van der Waals surface area contributed by atoms with E-state index in [0.717, 1.165) is 11.3 Å². The van der Waals surface area contributed by atoms with E-state index in [1.54, 1.807) is 31.4 Å². The van der Waals surface area contributed by atoms with Gasteiger partial charge in [-0.3, -0.25) is 0 Å². The van der Waals surface area contributed by atoms with Crippen molar-refractivity contribution in [3.63, 3.8) is 0 Å². The average Bonchev–Trinajstić information content (AvgIpc) is 2.25. The zero-order valence-corrected chi connectivity index (χ0v) is 17.6. The summed E-state index contributed by atoms with van der Waals surface area (Å²) >= 11 is 5.77. The van der Waals surface area contributed by atoms with Crippen LogP contribution in [0.25, 0.3) is 10.0 Å². The zero-order valence-electron chi connectivity index (χ0n) is 9.78. The number of nitrogens with zero attached hydrogens (tertiary/aromatic N) is 2. The zero-order chi connectivity index (χ0) is 16.1. The Bertz CT molecular complexity index is 518. The fraction of sp³-hybridized carbons (Fsp3) is 0.111. The van der Waals surface area contributed by atoms with Crippen molar-refractivity contribution >= 4 is 78.7 Å². The molecule has 0 heterocycles. The summed E-state index contributed by atoms with van der Waals surface area (Å²) < 4.78 is 4.97. The van der Waals surface area contributed by atoms with E-state index in [1.807, 2.05) is 0 Å². The molecule has 3 nitrogen and oxygen atoms in total. The van der Waals surface area contributed by atoms with Gasteiger partial charge in [0.25, 0.3) is 0 Å². The van der Waals surface area contributed by atoms with E-state index < -0.39 is 9.14 Å². The van der Waals surface area contributed by atoms with Crippen molar-refractivity contribution < 1.29 is 4.74 Å². The molecule has 0 atom stereocenters. The Labute approximate surface area is 141 Å². The van der Waals surface area contributed by atoms with Crippen LogP contribution in [0.4, 0.5) is 0 Å². The number of benzene rings is 1. The molecule has 0 fully saturated rings. The molecule has 0 radical (unpaired) electrons. The number of halogens is 7. The number of rotatable bonds is 2. The molecule has 0 saturated heterocycles. The summed E-state index contributed by atoms with van der Waals surface area (Å²) in [5.74, 6) is 0.758. The van der Waals surface area contributed by atoms with Gasteiger partial charge in [0.15, 0.2) is 4.98 Å². The summed E-state index contributed by atoms with van der Waals surface area (Å²) in [5.41, 5.74) is 0.778. The van der Waals surface area contributed by atoms with Crippen molar-refractivity contribution in [3.8, 4) is 5.75 Å². The third-order valence-corrected chi connectivity index (χ3v) is 1.85. The summed E-state index contributed by atoms with van der Waals surface area (Å²) in [6.07, 6.45) is 1.17. The van der Waals surface area contributed by atoms with Gasteiger partial charge in [-0.05, 0) is 24.3 Å². The molecule has 1 aromatic rings. The van der Waals surface area contributed by atoms with Crippen LogP contribution >= 0.6 is 64.6 Å². The Balaban J connectivity index is 0.000000441. The second-order valence-electron chi connectivity index (χ2n) is 3.28. The second kappa shape index (κ2) is 7.07. The topological polar surface area (TPSA) is 37.4 Å². The summed E-state index contributed by atoms with van der Waals surface area (Å²) in [4.78, 5) is 2.83. The van der Waals surface area contributed by atoms with Gasteiger partial charge in [0.05, 0.1) is 7.11 Å². The predicted molar refractivity (Wildman–Crippen MR) is 92.8 cm³/mol. The van der Waals surface area contributed by atoms with E-state index in [9.17, 15) is 0 Å². The van der Waals surface area contributed by atoms with Gasteiger partial charge in [0, 0.05) is 5.56 Å². The van der Waals surface area contributed by atoms with Gasteiger partial charge in [0.2, 0.25) is 5.39 Å². The van der Waals surface area contributed by atoms with Crippen LogP contribution in [0.3, 0.4) is 0 Å². The summed E-state index contributed by atoms with van der Waals surface area (Å²) in [5, 5.41) is 8.62. The van der Waals surface area contributed by atoms with Gasteiger partial charge in [-0.25, -0.2) is 0 Å². The molecule has 0 saturated carbocycles. The average molecular weight is 530 g/mol. The van der Waals surface area contributed by atoms with E-state index in [0.29, 0.717) is 5.03 Å². The fourth-order valence-corrected chi connectivity index (χ4v) is 1.05. The molecule has 20 heavy (non-hydrogen) atoms. The van der Waals surface area contributed by atoms with Crippen LogP contribution in [0.15, 0.2) is 30.5 Å². The first-order valence-electron chi connectivity index (χ1n) is 4.63. The maximum atomic E-state index is 8.24. The Morgan fingerprint density at radius 3 is 1.80 bits per heavy atom. The molecule has 0 amide bonds. The molecule has 0 N–H and O–H groups in total. The predicted octanol–water partition coefficient (Wildman–Crippen LogP) is 6.84. The standard InChI is InChI=1S/C9H8ClN2O.6ClH.Sb/c1-13-8-4-2-7(3-5-8)9(10)6-12-11;;;;;;;/h2-6H,1H3;6*1H;/q+1;;;;;;;+5/p-6/b9-6+;;;;;;;. The van der Waals surface area contributed by atoms with Crippen molar-refractivity contribution in [1.29, 1.82) is 5.39 Å². The molecule has 0 aliphatic heterocycles. The molecule has 1 rings (SSSR count). The SMILES string of the molecule is COc1ccc(/C(Cl)=C\[N+]#N)cc1.[Cl][Sb-]([Cl])([Cl])([Cl])([Cl])[Cl]. The Morgan fingerprint density at radius 2 is 1.50 bits per heavy atom. The number of hydrogen-bond donors (Lipinski definition) is 0. The first kappa shape index (κ1) is 21.0. The summed E-state index contributed by atoms with van der Waals surface area (Å²) in [6, 6.07) is 7.12. The first-order valence-corrected chi connectivity index (χ1v) is 24.4. The van der Waals surface area contributed by atoms with Crippen LogP contribution in [0.1, 0.15) is 5.56 Å². The van der Waals surface area contributed by atoms with Gasteiger partial charge < -0.3 is 4.74 Å². The van der Waals surface area contributed by atoms with Crippen molar-refractivity contribution in [2.75, 3.05) is 7.11 Å². The van der Waals surface area contributed by atoms with Gasteiger partial charge >= 0.3 is 68.3 Å². The van der Waals surface area contributed by atoms with E-state index in [1.165, 1.54) is 6.20 Å². The van der Waals surface area contributed by atoms with Crippen LogP contribution in [0.5, 0.6) is 5.75 Å². The molecular formula is C9H8Cl7N2OSb. The molecular weight excluding hydrogens is 522 g/mol. The fourth-order valence-electron chi connectivity index (χ4n) is 0.875. The second-order valence-corrected chi connectivity index (χ2v) is 60.6. The van der Waals surface area contributed by atoms with Crippen LogP contribution in [-0.2, 0) is 0 Å². The normalized spacial score (nSPS) is 15.1. The number of ether oxygens (including phenoxy) is 1. The van der Waals surface area contributed by atoms with Gasteiger partial charge in [-0.15, -0.1) is 0 Å². The van der Waals surface area contributed by atoms with E-state index in [4.69, 9.17) is 74.7 Å². The monoisotopic (exact) mass is 526 g/mol. The van der Waals surface area contributed by atoms with Crippen molar-refractivity contribution in [3.05, 3.63) is 41.0 Å². The molecule has 0 bridgehead atoms. The minimum absolute atomic E-state index is 0.380. The molecule has 0 unspecified atom stereocenters. The van der Waals surface area contributed by atoms with Gasteiger partial charge in [-0.2, -0.15) is 0 Å². The Hall–Kier alpha value is 1.03. The Kier molecular flexibility index (Phi) is 7.43. The summed E-state index contributed by atoms with van der Waals surface area (Å²) in [7, 11) is 26.6.